The molecule has 0 aromatic heterocycles. The second-order valence-corrected chi connectivity index (χ2v) is 9.69. The first-order valence-corrected chi connectivity index (χ1v) is 12.2. The fourth-order valence-corrected chi connectivity index (χ4v) is 5.19. The minimum absolute atomic E-state index is 0.116. The Balaban J connectivity index is 1.59. The van der Waals surface area contributed by atoms with Gasteiger partial charge in [0.05, 0.1) is 7.11 Å². The van der Waals surface area contributed by atoms with E-state index < -0.39 is 0 Å². The molecule has 4 rings (SSSR count). The molecular formula is C30H36N2O2. The number of hydrogen-bond donors (Lipinski definition) is 0. The van der Waals surface area contributed by atoms with Crippen molar-refractivity contribution in [2.75, 3.05) is 26.7 Å². The average molecular weight is 457 g/mol. The van der Waals surface area contributed by atoms with Gasteiger partial charge >= 0.3 is 0 Å². The third kappa shape index (κ3) is 5.51. The smallest absolute Gasteiger partial charge is 0.254 e. The number of aryl methyl sites for hydroxylation is 1. The Morgan fingerprint density at radius 1 is 1.00 bits per heavy atom. The summed E-state index contributed by atoms with van der Waals surface area (Å²) in [4.78, 5) is 18.0. The van der Waals surface area contributed by atoms with Crippen molar-refractivity contribution < 1.29 is 9.53 Å². The minimum atomic E-state index is 0.116. The quantitative estimate of drug-likeness (QED) is 0.431. The fraction of sp³-hybridized carbons (Fsp3) is 0.367. The molecular weight excluding hydrogens is 420 g/mol. The zero-order chi connectivity index (χ0) is 24.1. The lowest BCUT2D eigenvalue weighted by molar-refractivity contribution is 0.0668. The summed E-state index contributed by atoms with van der Waals surface area (Å²) in [5.74, 6) is 1.76. The topological polar surface area (TPSA) is 32.8 Å². The predicted molar refractivity (Wildman–Crippen MR) is 138 cm³/mol. The molecule has 1 aliphatic rings. The molecule has 0 radical (unpaired) electrons. The number of amides is 1. The molecule has 1 saturated heterocycles. The molecule has 3 aromatic carbocycles. The summed E-state index contributed by atoms with van der Waals surface area (Å²) in [6.07, 6.45) is 0. The SMILES string of the molecule is COc1cccc(CN2CC(CN(C(=O)c3ccccc3)C(C)C)C(c3ccccc3C)C2)c1. The number of ether oxygens (including phenoxy) is 1. The van der Waals surface area contributed by atoms with Gasteiger partial charge in [-0.3, -0.25) is 9.69 Å². The van der Waals surface area contributed by atoms with E-state index in [0.717, 1.165) is 37.5 Å². The maximum atomic E-state index is 13.4. The maximum Gasteiger partial charge on any atom is 0.254 e. The minimum Gasteiger partial charge on any atom is -0.497 e. The molecule has 1 heterocycles. The van der Waals surface area contributed by atoms with Crippen LogP contribution < -0.4 is 4.74 Å². The predicted octanol–water partition coefficient (Wildman–Crippen LogP) is 5.77. The van der Waals surface area contributed by atoms with Gasteiger partial charge in [-0.25, -0.2) is 0 Å². The molecule has 0 aliphatic carbocycles. The summed E-state index contributed by atoms with van der Waals surface area (Å²) in [6.45, 7) is 10.0. The van der Waals surface area contributed by atoms with Gasteiger partial charge in [0.15, 0.2) is 0 Å². The van der Waals surface area contributed by atoms with Gasteiger partial charge in [-0.2, -0.15) is 0 Å². The van der Waals surface area contributed by atoms with Crippen LogP contribution in [0.1, 0.15) is 46.8 Å². The number of methoxy groups -OCH3 is 1. The van der Waals surface area contributed by atoms with E-state index in [4.69, 9.17) is 4.74 Å². The number of hydrogen-bond acceptors (Lipinski definition) is 3. The summed E-state index contributed by atoms with van der Waals surface area (Å²) in [6, 6.07) is 26.8. The van der Waals surface area contributed by atoms with Crippen LogP contribution in [-0.4, -0.2) is 48.5 Å². The van der Waals surface area contributed by atoms with Gasteiger partial charge in [0.25, 0.3) is 5.91 Å². The van der Waals surface area contributed by atoms with Gasteiger partial charge in [0.1, 0.15) is 5.75 Å². The zero-order valence-corrected chi connectivity index (χ0v) is 20.8. The number of likely N-dealkylation sites (tertiary alicyclic amines) is 1. The molecule has 0 saturated carbocycles. The van der Waals surface area contributed by atoms with Crippen LogP contribution in [0.25, 0.3) is 0 Å². The largest absolute Gasteiger partial charge is 0.497 e. The summed E-state index contributed by atoms with van der Waals surface area (Å²) >= 11 is 0. The highest BCUT2D eigenvalue weighted by Gasteiger charge is 2.37. The van der Waals surface area contributed by atoms with Crippen molar-refractivity contribution in [3.8, 4) is 5.75 Å². The molecule has 1 fully saturated rings. The van der Waals surface area contributed by atoms with Gasteiger partial charge in [0.2, 0.25) is 0 Å². The standard InChI is InChI=1S/C30H36N2O2/c1-22(2)32(30(33)25-13-6-5-7-14-25)20-26-19-31(18-24-12-10-15-27(17-24)34-4)21-29(26)28-16-9-8-11-23(28)3/h5-17,22,26,29H,18-21H2,1-4H3. The van der Waals surface area contributed by atoms with Crippen LogP contribution >= 0.6 is 0 Å². The highest BCUT2D eigenvalue weighted by atomic mass is 16.5. The first-order valence-electron chi connectivity index (χ1n) is 12.2. The third-order valence-corrected chi connectivity index (χ3v) is 6.98. The number of carbonyl (C=O) groups excluding carboxylic acids is 1. The number of rotatable bonds is 8. The Hall–Kier alpha value is -3.11. The Bertz CT molecular complexity index is 1100. The van der Waals surface area contributed by atoms with Crippen molar-refractivity contribution in [1.29, 1.82) is 0 Å². The summed E-state index contributed by atoms with van der Waals surface area (Å²) in [7, 11) is 1.71. The van der Waals surface area contributed by atoms with Crippen LogP contribution in [0, 0.1) is 12.8 Å². The third-order valence-electron chi connectivity index (χ3n) is 6.98. The van der Waals surface area contributed by atoms with E-state index in [1.54, 1.807) is 7.11 Å². The van der Waals surface area contributed by atoms with Gasteiger partial charge in [-0.1, -0.05) is 54.6 Å². The zero-order valence-electron chi connectivity index (χ0n) is 20.8. The first-order chi connectivity index (χ1) is 16.5. The van der Waals surface area contributed by atoms with Crippen molar-refractivity contribution in [3.05, 3.63) is 101 Å². The van der Waals surface area contributed by atoms with Gasteiger partial charge in [0, 0.05) is 43.7 Å². The second-order valence-electron chi connectivity index (χ2n) is 9.69. The van der Waals surface area contributed by atoms with E-state index in [-0.39, 0.29) is 11.9 Å². The molecule has 4 heteroatoms. The van der Waals surface area contributed by atoms with Gasteiger partial charge in [-0.15, -0.1) is 0 Å². The molecule has 4 nitrogen and oxygen atoms in total. The van der Waals surface area contributed by atoms with Crippen LogP contribution in [0.5, 0.6) is 5.75 Å². The average Bonchev–Trinajstić information content (AvgIpc) is 3.24. The van der Waals surface area contributed by atoms with Crippen molar-refractivity contribution in [3.63, 3.8) is 0 Å². The van der Waals surface area contributed by atoms with E-state index in [9.17, 15) is 4.79 Å². The van der Waals surface area contributed by atoms with E-state index in [0.29, 0.717) is 11.8 Å². The van der Waals surface area contributed by atoms with E-state index in [1.807, 2.05) is 36.4 Å². The Kier molecular flexibility index (Phi) is 7.69. The summed E-state index contributed by atoms with van der Waals surface area (Å²) < 4.78 is 5.43. The lowest BCUT2D eigenvalue weighted by Crippen LogP contribution is -2.42. The van der Waals surface area contributed by atoms with Crippen LogP contribution in [0.4, 0.5) is 0 Å². The lowest BCUT2D eigenvalue weighted by atomic mass is 9.86. The van der Waals surface area contributed by atoms with Crippen molar-refractivity contribution in [2.24, 2.45) is 5.92 Å². The van der Waals surface area contributed by atoms with Crippen LogP contribution in [0.2, 0.25) is 0 Å². The molecule has 0 bridgehead atoms. The molecule has 2 unspecified atom stereocenters. The highest BCUT2D eigenvalue weighted by Crippen LogP contribution is 2.36. The Morgan fingerprint density at radius 2 is 1.74 bits per heavy atom. The molecule has 1 aliphatic heterocycles. The second kappa shape index (κ2) is 10.9. The molecule has 0 N–H and O–H groups in total. The molecule has 2 atom stereocenters. The van der Waals surface area contributed by atoms with Crippen LogP contribution in [-0.2, 0) is 6.54 Å². The lowest BCUT2D eigenvalue weighted by Gasteiger charge is -2.32. The fourth-order valence-electron chi connectivity index (χ4n) is 5.19. The number of nitrogens with zero attached hydrogens (tertiary/aromatic N) is 2. The maximum absolute atomic E-state index is 13.4. The molecule has 178 valence electrons. The number of carbonyl (C=O) groups is 1. The van der Waals surface area contributed by atoms with Crippen molar-refractivity contribution in [1.82, 2.24) is 9.80 Å². The van der Waals surface area contributed by atoms with Crippen LogP contribution in [0.15, 0.2) is 78.9 Å². The molecule has 1 amide bonds. The molecule has 3 aromatic rings. The summed E-state index contributed by atoms with van der Waals surface area (Å²) in [5, 5.41) is 0. The normalized spacial score (nSPS) is 18.3. The van der Waals surface area contributed by atoms with Crippen LogP contribution in [0.3, 0.4) is 0 Å². The summed E-state index contributed by atoms with van der Waals surface area (Å²) in [5.41, 5.74) is 4.74. The van der Waals surface area contributed by atoms with Crippen molar-refractivity contribution in [2.45, 2.75) is 39.3 Å². The van der Waals surface area contributed by atoms with Gasteiger partial charge < -0.3 is 9.64 Å². The first kappa shape index (κ1) is 24.0. The monoisotopic (exact) mass is 456 g/mol. The van der Waals surface area contributed by atoms with E-state index in [2.05, 4.69) is 73.0 Å². The highest BCUT2D eigenvalue weighted by molar-refractivity contribution is 5.94. The van der Waals surface area contributed by atoms with E-state index >= 15 is 0 Å². The molecule has 34 heavy (non-hydrogen) atoms. The van der Waals surface area contributed by atoms with E-state index in [1.165, 1.54) is 16.7 Å². The van der Waals surface area contributed by atoms with Gasteiger partial charge in [-0.05, 0) is 67.6 Å². The number of benzene rings is 3. The Morgan fingerprint density at radius 3 is 2.44 bits per heavy atom. The molecule has 0 spiro atoms. The Labute approximate surface area is 204 Å². The van der Waals surface area contributed by atoms with Crippen molar-refractivity contribution >= 4 is 5.91 Å².